The van der Waals surface area contributed by atoms with Crippen LogP contribution < -0.4 is 0 Å². The third-order valence-corrected chi connectivity index (χ3v) is 14.1. The molecule has 310 valence electrons. The van der Waals surface area contributed by atoms with Crippen molar-refractivity contribution in [3.63, 3.8) is 0 Å². The third kappa shape index (κ3) is 5.27. The lowest BCUT2D eigenvalue weighted by Crippen LogP contribution is -2.01. The fourth-order valence-electron chi connectivity index (χ4n) is 11.2. The Morgan fingerprint density at radius 3 is 1.24 bits per heavy atom. The van der Waals surface area contributed by atoms with Crippen molar-refractivity contribution in [2.45, 2.75) is 13.8 Å². The van der Waals surface area contributed by atoms with E-state index in [4.69, 9.17) is 0 Å². The number of benzene rings is 10. The number of aryl methyl sites for hydroxylation is 2. The van der Waals surface area contributed by atoms with Gasteiger partial charge in [-0.1, -0.05) is 127 Å². The smallest absolute Gasteiger partial charge is 0.0547 e. The van der Waals surface area contributed by atoms with Gasteiger partial charge in [0.15, 0.2) is 0 Å². The maximum Gasteiger partial charge on any atom is 0.0547 e. The predicted octanol–water partition coefficient (Wildman–Crippen LogP) is 16.4. The number of para-hydroxylation sites is 5. The standard InChI is InChI=1S/C62H42N4/c1-39-14-13-15-43(34-39)65-60-33-30-44(63-54-21-8-3-16-46(54)47-17-4-9-22-55(47)63)37-53(60)51-31-27-42(36-62(51)65)41-28-32-59-52(35-41)50-20-7-10-23-56(50)64(59)45-29-26-40(2)61(38-45)66-57-24-11-5-18-48(57)49-19-6-12-25-58(49)66/h3-38H,1-2H3. The van der Waals surface area contributed by atoms with E-state index in [-0.39, 0.29) is 0 Å². The second-order valence-electron chi connectivity index (χ2n) is 17.9. The molecule has 0 spiro atoms. The fourth-order valence-corrected chi connectivity index (χ4v) is 11.2. The molecule has 4 heteroatoms. The molecular weight excluding hydrogens is 801 g/mol. The van der Waals surface area contributed by atoms with Crippen molar-refractivity contribution >= 4 is 87.2 Å². The minimum atomic E-state index is 1.14. The molecule has 10 aromatic carbocycles. The van der Waals surface area contributed by atoms with Crippen LogP contribution >= 0.6 is 0 Å². The molecule has 0 bridgehead atoms. The number of aromatic nitrogens is 4. The molecule has 0 aliphatic rings. The molecule has 0 unspecified atom stereocenters. The maximum absolute atomic E-state index is 2.45. The molecule has 14 aromatic rings. The SMILES string of the molecule is Cc1cccc(-n2c3ccc(-n4c5ccccc5c5ccccc54)cc3c3ccc(-c4ccc5c(c4)c4ccccc4n5-c4ccc(C)c(-n5c6ccccc6c6ccccc65)c4)cc32)c1. The van der Waals surface area contributed by atoms with Gasteiger partial charge in [0.1, 0.15) is 0 Å². The lowest BCUT2D eigenvalue weighted by atomic mass is 10.0. The Hall–Kier alpha value is -8.60. The van der Waals surface area contributed by atoms with Crippen molar-refractivity contribution in [1.82, 2.24) is 18.3 Å². The van der Waals surface area contributed by atoms with Crippen LogP contribution in [-0.2, 0) is 0 Å². The molecule has 0 amide bonds. The van der Waals surface area contributed by atoms with E-state index >= 15 is 0 Å². The zero-order valence-corrected chi connectivity index (χ0v) is 36.6. The molecule has 66 heavy (non-hydrogen) atoms. The van der Waals surface area contributed by atoms with E-state index in [1.165, 1.54) is 115 Å². The van der Waals surface area contributed by atoms with Crippen molar-refractivity contribution in [2.24, 2.45) is 0 Å². The molecule has 0 aliphatic carbocycles. The Morgan fingerprint density at radius 1 is 0.242 bits per heavy atom. The van der Waals surface area contributed by atoms with E-state index < -0.39 is 0 Å². The summed E-state index contributed by atoms with van der Waals surface area (Å²) in [4.78, 5) is 0. The first-order valence-corrected chi connectivity index (χ1v) is 22.8. The summed E-state index contributed by atoms with van der Waals surface area (Å²) in [6.45, 7) is 4.40. The highest BCUT2D eigenvalue weighted by Crippen LogP contribution is 2.41. The Balaban J connectivity index is 0.949. The van der Waals surface area contributed by atoms with Crippen molar-refractivity contribution < 1.29 is 0 Å². The Labute approximate surface area is 381 Å². The van der Waals surface area contributed by atoms with Crippen LogP contribution in [0.15, 0.2) is 218 Å². The molecule has 4 aromatic heterocycles. The van der Waals surface area contributed by atoms with Gasteiger partial charge in [-0.05, 0) is 127 Å². The van der Waals surface area contributed by atoms with E-state index in [0.717, 1.165) is 17.1 Å². The van der Waals surface area contributed by atoms with E-state index in [1.807, 2.05) is 0 Å². The summed E-state index contributed by atoms with van der Waals surface area (Å²) in [7, 11) is 0. The average molecular weight is 843 g/mol. The van der Waals surface area contributed by atoms with Crippen molar-refractivity contribution in [3.05, 3.63) is 230 Å². The molecule has 4 nitrogen and oxygen atoms in total. The van der Waals surface area contributed by atoms with Gasteiger partial charge in [-0.2, -0.15) is 0 Å². The molecule has 0 saturated heterocycles. The topological polar surface area (TPSA) is 19.7 Å². The van der Waals surface area contributed by atoms with Gasteiger partial charge in [-0.3, -0.25) is 0 Å². The van der Waals surface area contributed by atoms with Gasteiger partial charge in [0.2, 0.25) is 0 Å². The monoisotopic (exact) mass is 842 g/mol. The number of hydrogen-bond donors (Lipinski definition) is 0. The van der Waals surface area contributed by atoms with E-state index in [2.05, 4.69) is 251 Å². The maximum atomic E-state index is 2.45. The average Bonchev–Trinajstić information content (AvgIpc) is 4.09. The van der Waals surface area contributed by atoms with E-state index in [0.29, 0.717) is 0 Å². The second kappa shape index (κ2) is 13.9. The highest BCUT2D eigenvalue weighted by atomic mass is 15.0. The van der Waals surface area contributed by atoms with Crippen molar-refractivity contribution in [1.29, 1.82) is 0 Å². The second-order valence-corrected chi connectivity index (χ2v) is 17.9. The summed E-state index contributed by atoms with van der Waals surface area (Å²) in [5.41, 5.74) is 19.1. The lowest BCUT2D eigenvalue weighted by molar-refractivity contribution is 1.11. The Morgan fingerprint density at radius 2 is 0.652 bits per heavy atom. The Bertz CT molecular complexity index is 4210. The summed E-state index contributed by atoms with van der Waals surface area (Å²) >= 11 is 0. The van der Waals surface area contributed by atoms with Gasteiger partial charge in [0, 0.05) is 60.2 Å². The molecule has 4 heterocycles. The van der Waals surface area contributed by atoms with Crippen molar-refractivity contribution in [3.8, 4) is 33.9 Å². The summed E-state index contributed by atoms with van der Waals surface area (Å²) < 4.78 is 9.75. The van der Waals surface area contributed by atoms with Crippen LogP contribution in [0.1, 0.15) is 11.1 Å². The molecule has 0 saturated carbocycles. The van der Waals surface area contributed by atoms with Gasteiger partial charge >= 0.3 is 0 Å². The molecule has 0 fully saturated rings. The molecule has 0 radical (unpaired) electrons. The molecule has 14 rings (SSSR count). The number of rotatable bonds is 5. The molecular formula is C62H42N4. The minimum Gasteiger partial charge on any atom is -0.309 e. The van der Waals surface area contributed by atoms with Crippen LogP contribution in [0.2, 0.25) is 0 Å². The van der Waals surface area contributed by atoms with Crippen LogP contribution in [-0.4, -0.2) is 18.3 Å². The quantitative estimate of drug-likeness (QED) is 0.164. The van der Waals surface area contributed by atoms with Crippen molar-refractivity contribution in [2.75, 3.05) is 0 Å². The van der Waals surface area contributed by atoms with Crippen LogP contribution in [0.25, 0.3) is 121 Å². The summed E-state index contributed by atoms with van der Waals surface area (Å²) in [5, 5.41) is 10.0. The highest BCUT2D eigenvalue weighted by molar-refractivity contribution is 6.14. The third-order valence-electron chi connectivity index (χ3n) is 14.1. The summed E-state index contributed by atoms with van der Waals surface area (Å²) in [6.07, 6.45) is 0. The molecule has 0 N–H and O–H groups in total. The van der Waals surface area contributed by atoms with Gasteiger partial charge in [0.05, 0.1) is 49.8 Å². The normalized spacial score (nSPS) is 12.1. The largest absolute Gasteiger partial charge is 0.309 e. The predicted molar refractivity (Wildman–Crippen MR) is 279 cm³/mol. The van der Waals surface area contributed by atoms with Gasteiger partial charge in [0.25, 0.3) is 0 Å². The van der Waals surface area contributed by atoms with Crippen LogP contribution in [0, 0.1) is 13.8 Å². The first kappa shape index (κ1) is 36.8. The first-order chi connectivity index (χ1) is 32.6. The van der Waals surface area contributed by atoms with Crippen LogP contribution in [0.5, 0.6) is 0 Å². The fraction of sp³-hybridized carbons (Fsp3) is 0.0323. The molecule has 0 atom stereocenters. The lowest BCUT2D eigenvalue weighted by Gasteiger charge is -2.15. The van der Waals surface area contributed by atoms with E-state index in [9.17, 15) is 0 Å². The highest BCUT2D eigenvalue weighted by Gasteiger charge is 2.20. The zero-order chi connectivity index (χ0) is 43.6. The van der Waals surface area contributed by atoms with Crippen LogP contribution in [0.4, 0.5) is 0 Å². The van der Waals surface area contributed by atoms with Gasteiger partial charge in [-0.15, -0.1) is 0 Å². The summed E-state index contributed by atoms with van der Waals surface area (Å²) in [5.74, 6) is 0. The van der Waals surface area contributed by atoms with E-state index in [1.54, 1.807) is 0 Å². The molecule has 0 aliphatic heterocycles. The summed E-state index contributed by atoms with van der Waals surface area (Å²) in [6, 6.07) is 80.8. The number of fused-ring (bicyclic) bond motifs is 12. The number of nitrogens with zero attached hydrogens (tertiary/aromatic N) is 4. The first-order valence-electron chi connectivity index (χ1n) is 22.8. The zero-order valence-electron chi connectivity index (χ0n) is 36.6. The van der Waals surface area contributed by atoms with Gasteiger partial charge < -0.3 is 18.3 Å². The minimum absolute atomic E-state index is 1.14. The van der Waals surface area contributed by atoms with Gasteiger partial charge in [-0.25, -0.2) is 0 Å². The number of hydrogen-bond acceptors (Lipinski definition) is 0. The van der Waals surface area contributed by atoms with Crippen LogP contribution in [0.3, 0.4) is 0 Å². The Kier molecular flexibility index (Phi) is 7.79.